The Morgan fingerprint density at radius 3 is 2.71 bits per heavy atom. The van der Waals surface area contributed by atoms with Gasteiger partial charge in [-0.25, -0.2) is 4.98 Å². The van der Waals surface area contributed by atoms with E-state index in [0.29, 0.717) is 5.69 Å². The molecule has 1 aliphatic rings. The third-order valence-electron chi connectivity index (χ3n) is 3.17. The number of anilines is 2. The summed E-state index contributed by atoms with van der Waals surface area (Å²) in [5, 5.41) is 8.88. The molecule has 2 heterocycles. The predicted molar refractivity (Wildman–Crippen MR) is 67.5 cm³/mol. The number of nitrogens with two attached hydrogens (primary N) is 1. The molecule has 2 rings (SSSR count). The van der Waals surface area contributed by atoms with Crippen LogP contribution in [0.3, 0.4) is 0 Å². The molecule has 90 valence electrons. The Morgan fingerprint density at radius 2 is 2.12 bits per heavy atom. The summed E-state index contributed by atoms with van der Waals surface area (Å²) in [6, 6.07) is 5.96. The minimum absolute atomic E-state index is 0.0155. The second-order valence-corrected chi connectivity index (χ2v) is 4.24. The van der Waals surface area contributed by atoms with Crippen LogP contribution in [0.4, 0.5) is 11.5 Å². The van der Waals surface area contributed by atoms with Gasteiger partial charge in [0.25, 0.3) is 0 Å². The number of piperazine rings is 1. The molecule has 1 fully saturated rings. The number of rotatable bonds is 2. The Labute approximate surface area is 101 Å². The van der Waals surface area contributed by atoms with Crippen LogP contribution in [0.15, 0.2) is 18.3 Å². The molecule has 5 nitrogen and oxygen atoms in total. The zero-order valence-electron chi connectivity index (χ0n) is 10.0. The molecule has 17 heavy (non-hydrogen) atoms. The van der Waals surface area contributed by atoms with E-state index in [1.165, 1.54) is 0 Å². The summed E-state index contributed by atoms with van der Waals surface area (Å²) in [6.45, 7) is 5.43. The Kier molecular flexibility index (Phi) is 3.45. The van der Waals surface area contributed by atoms with Crippen LogP contribution >= 0.6 is 0 Å². The predicted octanol–water partition coefficient (Wildman–Crippen LogP) is 0.698. The topological polar surface area (TPSA) is 69.2 Å². The first-order valence-electron chi connectivity index (χ1n) is 5.81. The summed E-state index contributed by atoms with van der Waals surface area (Å²) in [6.07, 6.45) is 1.76. The highest BCUT2D eigenvalue weighted by molar-refractivity contribution is 5.62. The molecule has 1 atom stereocenters. The molecule has 2 N–H and O–H groups in total. The average molecular weight is 231 g/mol. The van der Waals surface area contributed by atoms with Crippen molar-refractivity contribution in [2.45, 2.75) is 13.0 Å². The molecule has 0 radical (unpaired) electrons. The molecule has 0 aliphatic carbocycles. The maximum atomic E-state index is 8.88. The summed E-state index contributed by atoms with van der Waals surface area (Å²) < 4.78 is 0. The Bertz CT molecular complexity index is 417. The van der Waals surface area contributed by atoms with Crippen LogP contribution in [0.5, 0.6) is 0 Å². The SMILES string of the molecule is CC(C#N)N1CCN(c2ncccc2N)CC1. The summed E-state index contributed by atoms with van der Waals surface area (Å²) in [5.74, 6) is 0.858. The molecular weight excluding hydrogens is 214 g/mol. The van der Waals surface area contributed by atoms with Crippen LogP contribution in [-0.4, -0.2) is 42.1 Å². The van der Waals surface area contributed by atoms with E-state index in [2.05, 4.69) is 20.9 Å². The zero-order valence-corrected chi connectivity index (χ0v) is 10.0. The summed E-state index contributed by atoms with van der Waals surface area (Å²) >= 11 is 0. The molecule has 0 bridgehead atoms. The second kappa shape index (κ2) is 5.02. The lowest BCUT2D eigenvalue weighted by molar-refractivity contribution is 0.231. The maximum Gasteiger partial charge on any atom is 0.151 e. The van der Waals surface area contributed by atoms with Crippen LogP contribution in [0.2, 0.25) is 0 Å². The molecule has 1 saturated heterocycles. The van der Waals surface area contributed by atoms with Crippen molar-refractivity contribution < 1.29 is 0 Å². The van der Waals surface area contributed by atoms with Gasteiger partial charge in [-0.3, -0.25) is 4.90 Å². The van der Waals surface area contributed by atoms with E-state index in [9.17, 15) is 0 Å². The quantitative estimate of drug-likeness (QED) is 0.811. The second-order valence-electron chi connectivity index (χ2n) is 4.24. The van der Waals surface area contributed by atoms with Crippen molar-refractivity contribution in [2.75, 3.05) is 36.8 Å². The van der Waals surface area contributed by atoms with Gasteiger partial charge in [-0.05, 0) is 19.1 Å². The molecular formula is C12H17N5. The Balaban J connectivity index is 2.01. The van der Waals surface area contributed by atoms with E-state index in [4.69, 9.17) is 11.0 Å². The largest absolute Gasteiger partial charge is 0.396 e. The fraction of sp³-hybridized carbons (Fsp3) is 0.500. The van der Waals surface area contributed by atoms with Crippen LogP contribution in [-0.2, 0) is 0 Å². The lowest BCUT2D eigenvalue weighted by atomic mass is 10.2. The van der Waals surface area contributed by atoms with E-state index in [1.54, 1.807) is 6.20 Å². The first kappa shape index (κ1) is 11.7. The summed E-state index contributed by atoms with van der Waals surface area (Å²) in [5.41, 5.74) is 6.62. The highest BCUT2D eigenvalue weighted by Crippen LogP contribution is 2.20. The highest BCUT2D eigenvalue weighted by Gasteiger charge is 2.22. The van der Waals surface area contributed by atoms with Gasteiger partial charge in [0.05, 0.1) is 17.8 Å². The van der Waals surface area contributed by atoms with E-state index in [-0.39, 0.29) is 6.04 Å². The van der Waals surface area contributed by atoms with Gasteiger partial charge in [-0.15, -0.1) is 0 Å². The first-order valence-corrected chi connectivity index (χ1v) is 5.81. The molecule has 0 saturated carbocycles. The van der Waals surface area contributed by atoms with Gasteiger partial charge in [-0.1, -0.05) is 0 Å². The molecule has 1 unspecified atom stereocenters. The minimum Gasteiger partial charge on any atom is -0.396 e. The molecule has 0 aromatic carbocycles. The monoisotopic (exact) mass is 231 g/mol. The van der Waals surface area contributed by atoms with E-state index in [1.807, 2.05) is 19.1 Å². The van der Waals surface area contributed by atoms with E-state index < -0.39 is 0 Å². The average Bonchev–Trinajstić information content (AvgIpc) is 2.39. The lowest BCUT2D eigenvalue weighted by Crippen LogP contribution is -2.49. The number of nitrogen functional groups attached to an aromatic ring is 1. The van der Waals surface area contributed by atoms with Gasteiger partial charge in [0, 0.05) is 32.4 Å². The molecule has 1 aromatic rings. The normalized spacial score (nSPS) is 18.7. The van der Waals surface area contributed by atoms with Gasteiger partial charge in [0.1, 0.15) is 0 Å². The Hall–Kier alpha value is -1.80. The van der Waals surface area contributed by atoms with Gasteiger partial charge in [0.2, 0.25) is 0 Å². The fourth-order valence-corrected chi connectivity index (χ4v) is 2.08. The zero-order chi connectivity index (χ0) is 12.3. The van der Waals surface area contributed by atoms with Crippen molar-refractivity contribution in [3.05, 3.63) is 18.3 Å². The number of nitriles is 1. The summed E-state index contributed by atoms with van der Waals surface area (Å²) in [4.78, 5) is 8.66. The van der Waals surface area contributed by atoms with Crippen LogP contribution in [0, 0.1) is 11.3 Å². The molecule has 1 aromatic heterocycles. The molecule has 0 amide bonds. The van der Waals surface area contributed by atoms with Gasteiger partial charge >= 0.3 is 0 Å². The summed E-state index contributed by atoms with van der Waals surface area (Å²) in [7, 11) is 0. The van der Waals surface area contributed by atoms with E-state index in [0.717, 1.165) is 32.0 Å². The van der Waals surface area contributed by atoms with Crippen LogP contribution < -0.4 is 10.6 Å². The first-order chi connectivity index (χ1) is 8.22. The van der Waals surface area contributed by atoms with Crippen molar-refractivity contribution >= 4 is 11.5 Å². The maximum absolute atomic E-state index is 8.88. The Morgan fingerprint density at radius 1 is 1.41 bits per heavy atom. The highest BCUT2D eigenvalue weighted by atomic mass is 15.3. The number of aromatic nitrogens is 1. The lowest BCUT2D eigenvalue weighted by Gasteiger charge is -2.36. The molecule has 0 spiro atoms. The third-order valence-corrected chi connectivity index (χ3v) is 3.17. The smallest absolute Gasteiger partial charge is 0.151 e. The van der Waals surface area contributed by atoms with Crippen molar-refractivity contribution in [2.24, 2.45) is 0 Å². The van der Waals surface area contributed by atoms with Gasteiger partial charge in [-0.2, -0.15) is 5.26 Å². The van der Waals surface area contributed by atoms with Crippen molar-refractivity contribution in [1.82, 2.24) is 9.88 Å². The van der Waals surface area contributed by atoms with Crippen molar-refractivity contribution in [3.8, 4) is 6.07 Å². The van der Waals surface area contributed by atoms with Gasteiger partial charge in [0.15, 0.2) is 5.82 Å². The fourth-order valence-electron chi connectivity index (χ4n) is 2.08. The molecule has 5 heteroatoms. The van der Waals surface area contributed by atoms with Crippen molar-refractivity contribution in [3.63, 3.8) is 0 Å². The number of nitrogens with zero attached hydrogens (tertiary/aromatic N) is 4. The van der Waals surface area contributed by atoms with Crippen molar-refractivity contribution in [1.29, 1.82) is 5.26 Å². The van der Waals surface area contributed by atoms with Gasteiger partial charge < -0.3 is 10.6 Å². The number of pyridine rings is 1. The number of hydrogen-bond acceptors (Lipinski definition) is 5. The minimum atomic E-state index is -0.0155. The third kappa shape index (κ3) is 2.48. The number of hydrogen-bond donors (Lipinski definition) is 1. The van der Waals surface area contributed by atoms with Crippen LogP contribution in [0.1, 0.15) is 6.92 Å². The molecule has 1 aliphatic heterocycles. The van der Waals surface area contributed by atoms with Crippen LogP contribution in [0.25, 0.3) is 0 Å². The van der Waals surface area contributed by atoms with E-state index >= 15 is 0 Å². The standard InChI is InChI=1S/C12H17N5/c1-10(9-13)16-5-7-17(8-6-16)12-11(14)3-2-4-15-12/h2-4,10H,5-8,14H2,1H3.